The molecular formula is C17H20ClNO2. The van der Waals surface area contributed by atoms with E-state index in [2.05, 4.69) is 25.2 Å². The third kappa shape index (κ3) is 3.90. The van der Waals surface area contributed by atoms with Gasteiger partial charge in [-0.1, -0.05) is 35.4 Å². The van der Waals surface area contributed by atoms with Crippen molar-refractivity contribution < 1.29 is 9.84 Å². The molecule has 0 spiro atoms. The summed E-state index contributed by atoms with van der Waals surface area (Å²) >= 11 is 5.92. The highest BCUT2D eigenvalue weighted by molar-refractivity contribution is 6.32. The molecule has 21 heavy (non-hydrogen) atoms. The predicted molar refractivity (Wildman–Crippen MR) is 86.1 cm³/mol. The van der Waals surface area contributed by atoms with Crippen molar-refractivity contribution in [1.29, 1.82) is 0 Å². The zero-order valence-electron chi connectivity index (χ0n) is 12.5. The topological polar surface area (TPSA) is 41.5 Å². The molecule has 0 saturated carbocycles. The van der Waals surface area contributed by atoms with Crippen LogP contribution in [0.15, 0.2) is 36.4 Å². The third-order valence-electron chi connectivity index (χ3n) is 3.48. The first-order valence-electron chi connectivity index (χ1n) is 6.86. The summed E-state index contributed by atoms with van der Waals surface area (Å²) in [7, 11) is 1.68. The van der Waals surface area contributed by atoms with Gasteiger partial charge < -0.3 is 15.2 Å². The molecule has 3 nitrogen and oxygen atoms in total. The van der Waals surface area contributed by atoms with Crippen LogP contribution in [0, 0.1) is 6.92 Å². The summed E-state index contributed by atoms with van der Waals surface area (Å²) in [4.78, 5) is 0. The van der Waals surface area contributed by atoms with Crippen LogP contribution < -0.4 is 10.1 Å². The van der Waals surface area contributed by atoms with Gasteiger partial charge in [0.1, 0.15) is 11.5 Å². The lowest BCUT2D eigenvalue weighted by atomic mass is 10.0. The smallest absolute Gasteiger partial charge is 0.134 e. The molecule has 0 amide bonds. The maximum atomic E-state index is 9.43. The third-order valence-corrected chi connectivity index (χ3v) is 3.78. The molecule has 2 aromatic rings. The molecule has 0 aliphatic rings. The van der Waals surface area contributed by atoms with Gasteiger partial charge in [-0.15, -0.1) is 0 Å². The lowest BCUT2D eigenvalue weighted by Gasteiger charge is -2.18. The molecule has 112 valence electrons. The average Bonchev–Trinajstić information content (AvgIpc) is 2.48. The van der Waals surface area contributed by atoms with Gasteiger partial charge in [0.15, 0.2) is 0 Å². The highest BCUT2D eigenvalue weighted by Crippen LogP contribution is 2.27. The largest absolute Gasteiger partial charge is 0.506 e. The molecule has 0 fully saturated rings. The molecule has 0 saturated heterocycles. The Hall–Kier alpha value is -1.71. The normalized spacial score (nSPS) is 12.2. The lowest BCUT2D eigenvalue weighted by Crippen LogP contribution is -2.18. The molecule has 1 atom stereocenters. The average molecular weight is 306 g/mol. The van der Waals surface area contributed by atoms with Gasteiger partial charge in [-0.2, -0.15) is 0 Å². The Balaban J connectivity index is 2.09. The number of halogens is 1. The Morgan fingerprint density at radius 3 is 2.67 bits per heavy atom. The van der Waals surface area contributed by atoms with Crippen molar-refractivity contribution in [3.63, 3.8) is 0 Å². The second kappa shape index (κ2) is 6.83. The summed E-state index contributed by atoms with van der Waals surface area (Å²) in [6, 6.07) is 11.5. The van der Waals surface area contributed by atoms with Crippen molar-refractivity contribution in [2.45, 2.75) is 26.4 Å². The van der Waals surface area contributed by atoms with Crippen molar-refractivity contribution in [1.82, 2.24) is 5.32 Å². The first kappa shape index (κ1) is 15.7. The van der Waals surface area contributed by atoms with Crippen molar-refractivity contribution in [2.24, 2.45) is 0 Å². The van der Waals surface area contributed by atoms with Crippen LogP contribution in [0.1, 0.15) is 29.7 Å². The fraction of sp³-hybridized carbons (Fsp3) is 0.294. The number of nitrogens with one attached hydrogen (secondary N) is 1. The van der Waals surface area contributed by atoms with Crippen LogP contribution in [0.4, 0.5) is 0 Å². The standard InChI is InChI=1S/C17H20ClNO2/c1-11-4-7-17(21-3)14(8-11)12(2)19-10-13-5-6-16(20)15(18)9-13/h4-9,12,19-20H,10H2,1-3H3. The first-order chi connectivity index (χ1) is 10.0. The van der Waals surface area contributed by atoms with Crippen LogP contribution in [-0.4, -0.2) is 12.2 Å². The highest BCUT2D eigenvalue weighted by atomic mass is 35.5. The van der Waals surface area contributed by atoms with E-state index >= 15 is 0 Å². The number of aryl methyl sites for hydroxylation is 1. The molecule has 2 N–H and O–H groups in total. The molecule has 1 unspecified atom stereocenters. The van der Waals surface area contributed by atoms with Crippen LogP contribution in [0.3, 0.4) is 0 Å². The number of phenolic OH excluding ortho intramolecular Hbond substituents is 1. The monoisotopic (exact) mass is 305 g/mol. The Bertz CT molecular complexity index is 628. The van der Waals surface area contributed by atoms with Crippen LogP contribution in [0.5, 0.6) is 11.5 Å². The minimum Gasteiger partial charge on any atom is -0.506 e. The molecular weight excluding hydrogens is 286 g/mol. The minimum absolute atomic E-state index is 0.105. The van der Waals surface area contributed by atoms with E-state index in [1.165, 1.54) is 5.56 Å². The number of benzene rings is 2. The fourth-order valence-corrected chi connectivity index (χ4v) is 2.44. The SMILES string of the molecule is COc1ccc(C)cc1C(C)NCc1ccc(O)c(Cl)c1. The Morgan fingerprint density at radius 2 is 2.00 bits per heavy atom. The van der Waals surface area contributed by atoms with E-state index in [4.69, 9.17) is 16.3 Å². The van der Waals surface area contributed by atoms with Gasteiger partial charge in [0.2, 0.25) is 0 Å². The van der Waals surface area contributed by atoms with Crippen LogP contribution in [0.2, 0.25) is 5.02 Å². The zero-order chi connectivity index (χ0) is 15.4. The van der Waals surface area contributed by atoms with Gasteiger partial charge in [-0.25, -0.2) is 0 Å². The molecule has 0 heterocycles. The summed E-state index contributed by atoms with van der Waals surface area (Å²) in [5, 5.41) is 13.2. The molecule has 4 heteroatoms. The summed E-state index contributed by atoms with van der Waals surface area (Å²) in [5.74, 6) is 0.984. The van der Waals surface area contributed by atoms with Crippen molar-refractivity contribution >= 4 is 11.6 Å². The van der Waals surface area contributed by atoms with Crippen molar-refractivity contribution in [2.75, 3.05) is 7.11 Å². The molecule has 0 aliphatic carbocycles. The maximum absolute atomic E-state index is 9.43. The van der Waals surface area contributed by atoms with Gasteiger partial charge >= 0.3 is 0 Å². The van der Waals surface area contributed by atoms with Crippen LogP contribution >= 0.6 is 11.6 Å². The fourth-order valence-electron chi connectivity index (χ4n) is 2.23. The van der Waals surface area contributed by atoms with Crippen LogP contribution in [0.25, 0.3) is 0 Å². The Morgan fingerprint density at radius 1 is 1.24 bits per heavy atom. The van der Waals surface area contributed by atoms with Gasteiger partial charge in [-0.05, 0) is 37.6 Å². The van der Waals surface area contributed by atoms with E-state index in [9.17, 15) is 5.11 Å². The molecule has 2 rings (SSSR count). The van der Waals surface area contributed by atoms with Gasteiger partial charge in [0.05, 0.1) is 12.1 Å². The van der Waals surface area contributed by atoms with E-state index in [0.717, 1.165) is 16.9 Å². The minimum atomic E-state index is 0.105. The molecule has 0 aliphatic heterocycles. The van der Waals surface area contributed by atoms with E-state index in [1.807, 2.05) is 18.2 Å². The summed E-state index contributed by atoms with van der Waals surface area (Å²) in [6.07, 6.45) is 0. The number of ether oxygens (including phenoxy) is 1. The molecule has 0 bridgehead atoms. The molecule has 2 aromatic carbocycles. The van der Waals surface area contributed by atoms with Gasteiger partial charge in [0.25, 0.3) is 0 Å². The number of hydrogen-bond donors (Lipinski definition) is 2. The van der Waals surface area contributed by atoms with Crippen LogP contribution in [-0.2, 0) is 6.54 Å². The van der Waals surface area contributed by atoms with E-state index in [-0.39, 0.29) is 11.8 Å². The predicted octanol–water partition coefficient (Wildman–Crippen LogP) is 4.21. The second-order valence-corrected chi connectivity index (χ2v) is 5.54. The number of hydrogen-bond acceptors (Lipinski definition) is 3. The van der Waals surface area contributed by atoms with E-state index in [0.29, 0.717) is 11.6 Å². The lowest BCUT2D eigenvalue weighted by molar-refractivity contribution is 0.401. The second-order valence-electron chi connectivity index (χ2n) is 5.13. The first-order valence-corrected chi connectivity index (χ1v) is 7.24. The highest BCUT2D eigenvalue weighted by Gasteiger charge is 2.11. The summed E-state index contributed by atoms with van der Waals surface area (Å²) < 4.78 is 5.41. The Kier molecular flexibility index (Phi) is 5.10. The van der Waals surface area contributed by atoms with Crippen molar-refractivity contribution in [3.8, 4) is 11.5 Å². The van der Waals surface area contributed by atoms with Gasteiger partial charge in [-0.3, -0.25) is 0 Å². The van der Waals surface area contributed by atoms with Gasteiger partial charge in [0, 0.05) is 18.2 Å². The quantitative estimate of drug-likeness (QED) is 0.869. The van der Waals surface area contributed by atoms with Crippen molar-refractivity contribution in [3.05, 3.63) is 58.1 Å². The number of methoxy groups -OCH3 is 1. The number of rotatable bonds is 5. The number of phenols is 1. The molecule has 0 radical (unpaired) electrons. The summed E-state index contributed by atoms with van der Waals surface area (Å²) in [6.45, 7) is 4.83. The summed E-state index contributed by atoms with van der Waals surface area (Å²) in [5.41, 5.74) is 3.35. The number of aromatic hydroxyl groups is 1. The maximum Gasteiger partial charge on any atom is 0.134 e. The Labute approximate surface area is 130 Å². The molecule has 0 aromatic heterocycles. The van der Waals surface area contributed by atoms with E-state index < -0.39 is 0 Å². The zero-order valence-corrected chi connectivity index (χ0v) is 13.2. The van der Waals surface area contributed by atoms with E-state index in [1.54, 1.807) is 19.2 Å².